The lowest BCUT2D eigenvalue weighted by molar-refractivity contribution is 0.394. The molecule has 0 aliphatic rings. The van der Waals surface area contributed by atoms with Crippen molar-refractivity contribution in [1.82, 2.24) is 0 Å². The van der Waals surface area contributed by atoms with Crippen molar-refractivity contribution >= 4 is 11.8 Å². The minimum absolute atomic E-state index is 0.0269. The molecule has 148 valence electrons. The molecule has 0 fully saturated rings. The van der Waals surface area contributed by atoms with Gasteiger partial charge in [-0.15, -0.1) is 0 Å². The highest BCUT2D eigenvalue weighted by molar-refractivity contribution is 7.99. The summed E-state index contributed by atoms with van der Waals surface area (Å²) in [5.74, 6) is 1.99. The van der Waals surface area contributed by atoms with Crippen LogP contribution in [-0.2, 0) is 10.8 Å². The van der Waals surface area contributed by atoms with E-state index in [4.69, 9.17) is 9.47 Å². The Hall–Kier alpha value is -1.61. The van der Waals surface area contributed by atoms with Crippen molar-refractivity contribution in [3.63, 3.8) is 0 Å². The number of rotatable bonds is 4. The fourth-order valence-corrected chi connectivity index (χ4v) is 4.49. The number of aryl methyl sites for hydroxylation is 2. The highest BCUT2D eigenvalue weighted by atomic mass is 32.2. The van der Waals surface area contributed by atoms with Gasteiger partial charge in [0.15, 0.2) is 0 Å². The van der Waals surface area contributed by atoms with Crippen molar-refractivity contribution in [3.8, 4) is 11.5 Å². The molecule has 2 aromatic rings. The van der Waals surface area contributed by atoms with E-state index < -0.39 is 0 Å². The van der Waals surface area contributed by atoms with E-state index in [1.807, 2.05) is 0 Å². The summed E-state index contributed by atoms with van der Waals surface area (Å²) in [5, 5.41) is 0. The SMILES string of the molecule is COc1c(C)cc(Sc2cc(C)c(OC)c(C(C)(C)C)c2)cc1C(C)(C)C. The van der Waals surface area contributed by atoms with Crippen LogP contribution in [0.3, 0.4) is 0 Å². The molecule has 0 atom stereocenters. The van der Waals surface area contributed by atoms with E-state index in [2.05, 4.69) is 79.7 Å². The molecule has 0 aliphatic carbocycles. The Labute approximate surface area is 169 Å². The van der Waals surface area contributed by atoms with Gasteiger partial charge < -0.3 is 9.47 Å². The van der Waals surface area contributed by atoms with Gasteiger partial charge in [-0.2, -0.15) is 0 Å². The lowest BCUT2D eigenvalue weighted by Gasteiger charge is -2.25. The summed E-state index contributed by atoms with van der Waals surface area (Å²) in [6.45, 7) is 17.6. The maximum atomic E-state index is 5.70. The van der Waals surface area contributed by atoms with Crippen LogP contribution in [0.5, 0.6) is 11.5 Å². The number of hydrogen-bond acceptors (Lipinski definition) is 3. The Morgan fingerprint density at radius 1 is 0.630 bits per heavy atom. The van der Waals surface area contributed by atoms with Crippen LogP contribution in [0.1, 0.15) is 63.8 Å². The first-order chi connectivity index (χ1) is 12.4. The minimum Gasteiger partial charge on any atom is -0.496 e. The molecule has 0 saturated heterocycles. The summed E-state index contributed by atoms with van der Waals surface area (Å²) < 4.78 is 11.4. The molecule has 0 amide bonds. The summed E-state index contributed by atoms with van der Waals surface area (Å²) in [7, 11) is 3.51. The zero-order valence-electron chi connectivity index (χ0n) is 18.5. The first-order valence-corrected chi connectivity index (χ1v) is 10.3. The van der Waals surface area contributed by atoms with E-state index in [1.54, 1.807) is 26.0 Å². The summed E-state index contributed by atoms with van der Waals surface area (Å²) in [6.07, 6.45) is 0. The van der Waals surface area contributed by atoms with Gasteiger partial charge >= 0.3 is 0 Å². The summed E-state index contributed by atoms with van der Waals surface area (Å²) in [4.78, 5) is 2.48. The molecule has 0 heterocycles. The standard InChI is InChI=1S/C24H34O2S/c1-15-11-17(13-19(21(15)25-9)23(3,4)5)27-18-12-16(2)22(26-10)20(14-18)24(6,7)8/h11-14H,1-10H3. The Kier molecular flexibility index (Phi) is 6.26. The van der Waals surface area contributed by atoms with E-state index in [9.17, 15) is 0 Å². The van der Waals surface area contributed by atoms with Crippen molar-refractivity contribution in [2.75, 3.05) is 14.2 Å². The average Bonchev–Trinajstić information content (AvgIpc) is 2.52. The van der Waals surface area contributed by atoms with Gasteiger partial charge in [0.05, 0.1) is 14.2 Å². The van der Waals surface area contributed by atoms with Gasteiger partial charge in [-0.25, -0.2) is 0 Å². The molecule has 0 unspecified atom stereocenters. The van der Waals surface area contributed by atoms with E-state index >= 15 is 0 Å². The number of ether oxygens (including phenoxy) is 2. The monoisotopic (exact) mass is 386 g/mol. The number of benzene rings is 2. The van der Waals surface area contributed by atoms with Crippen LogP contribution >= 0.6 is 11.8 Å². The van der Waals surface area contributed by atoms with Gasteiger partial charge in [-0.05, 0) is 60.1 Å². The molecule has 27 heavy (non-hydrogen) atoms. The first-order valence-electron chi connectivity index (χ1n) is 9.44. The third-order valence-corrected chi connectivity index (χ3v) is 5.70. The van der Waals surface area contributed by atoms with Crippen LogP contribution in [0.25, 0.3) is 0 Å². The molecule has 0 N–H and O–H groups in total. The fourth-order valence-electron chi connectivity index (χ4n) is 3.39. The maximum absolute atomic E-state index is 5.70. The predicted molar refractivity (Wildman–Crippen MR) is 117 cm³/mol. The molecule has 0 aliphatic heterocycles. The number of methoxy groups -OCH3 is 2. The normalized spacial score (nSPS) is 12.2. The van der Waals surface area contributed by atoms with Crippen molar-refractivity contribution in [2.24, 2.45) is 0 Å². The van der Waals surface area contributed by atoms with Crippen LogP contribution in [0.2, 0.25) is 0 Å². The van der Waals surface area contributed by atoms with Crippen molar-refractivity contribution in [1.29, 1.82) is 0 Å². The van der Waals surface area contributed by atoms with Gasteiger partial charge in [0.25, 0.3) is 0 Å². The topological polar surface area (TPSA) is 18.5 Å². The molecule has 2 nitrogen and oxygen atoms in total. The third kappa shape index (κ3) is 4.82. The summed E-state index contributed by atoms with van der Waals surface area (Å²) in [5.41, 5.74) is 4.89. The molecule has 2 rings (SSSR count). The first kappa shape index (κ1) is 21.7. The third-order valence-electron chi connectivity index (χ3n) is 4.76. The Morgan fingerprint density at radius 3 is 1.22 bits per heavy atom. The zero-order valence-corrected chi connectivity index (χ0v) is 19.4. The van der Waals surface area contributed by atoms with Crippen LogP contribution in [0, 0.1) is 13.8 Å². The quantitative estimate of drug-likeness (QED) is 0.560. The van der Waals surface area contributed by atoms with Crippen molar-refractivity contribution < 1.29 is 9.47 Å². The zero-order chi connectivity index (χ0) is 20.6. The second-order valence-electron chi connectivity index (χ2n) is 9.24. The fraction of sp³-hybridized carbons (Fsp3) is 0.500. The van der Waals surface area contributed by atoms with E-state index in [1.165, 1.54) is 32.0 Å². The average molecular weight is 387 g/mol. The van der Waals surface area contributed by atoms with Crippen molar-refractivity contribution in [3.05, 3.63) is 46.5 Å². The molecule has 0 saturated carbocycles. The van der Waals surface area contributed by atoms with Crippen LogP contribution in [0.4, 0.5) is 0 Å². The summed E-state index contributed by atoms with van der Waals surface area (Å²) >= 11 is 1.80. The predicted octanol–water partition coefficient (Wildman–Crippen LogP) is 7.07. The lowest BCUT2D eigenvalue weighted by atomic mass is 9.85. The lowest BCUT2D eigenvalue weighted by Crippen LogP contribution is -2.14. The molecule has 0 bridgehead atoms. The Balaban J connectivity index is 2.55. The summed E-state index contributed by atoms with van der Waals surface area (Å²) in [6, 6.07) is 8.98. The molecule has 2 aromatic carbocycles. The molecular formula is C24H34O2S. The van der Waals surface area contributed by atoms with E-state index in [0.717, 1.165) is 11.5 Å². The smallest absolute Gasteiger partial charge is 0.125 e. The molecule has 0 aromatic heterocycles. The molecule has 3 heteroatoms. The van der Waals surface area contributed by atoms with Gasteiger partial charge in [0, 0.05) is 20.9 Å². The molecular weight excluding hydrogens is 352 g/mol. The van der Waals surface area contributed by atoms with E-state index in [-0.39, 0.29) is 10.8 Å². The van der Waals surface area contributed by atoms with Gasteiger partial charge in [0.2, 0.25) is 0 Å². The Morgan fingerprint density at radius 2 is 0.963 bits per heavy atom. The number of hydrogen-bond donors (Lipinski definition) is 0. The minimum atomic E-state index is 0.0269. The largest absolute Gasteiger partial charge is 0.496 e. The van der Waals surface area contributed by atoms with Crippen LogP contribution in [0.15, 0.2) is 34.1 Å². The molecule has 0 spiro atoms. The van der Waals surface area contributed by atoms with Gasteiger partial charge in [-0.1, -0.05) is 53.3 Å². The highest BCUT2D eigenvalue weighted by Crippen LogP contribution is 2.42. The Bertz CT molecular complexity index is 754. The van der Waals surface area contributed by atoms with Crippen LogP contribution < -0.4 is 9.47 Å². The second-order valence-corrected chi connectivity index (χ2v) is 10.4. The van der Waals surface area contributed by atoms with E-state index in [0.29, 0.717) is 0 Å². The highest BCUT2D eigenvalue weighted by Gasteiger charge is 2.23. The van der Waals surface area contributed by atoms with Gasteiger partial charge in [-0.3, -0.25) is 0 Å². The second kappa shape index (κ2) is 7.79. The molecule has 0 radical (unpaired) electrons. The maximum Gasteiger partial charge on any atom is 0.125 e. The van der Waals surface area contributed by atoms with Crippen molar-refractivity contribution in [2.45, 2.75) is 76.0 Å². The van der Waals surface area contributed by atoms with Gasteiger partial charge in [0.1, 0.15) is 11.5 Å². The van der Waals surface area contributed by atoms with Crippen LogP contribution in [-0.4, -0.2) is 14.2 Å².